The van der Waals surface area contributed by atoms with E-state index >= 15 is 0 Å². The van der Waals surface area contributed by atoms with Crippen molar-refractivity contribution in [1.82, 2.24) is 0 Å². The molecule has 0 atom stereocenters. The van der Waals surface area contributed by atoms with E-state index < -0.39 is 15.8 Å². The van der Waals surface area contributed by atoms with Gasteiger partial charge in [0.25, 0.3) is 0 Å². The molecule has 0 saturated carbocycles. The highest BCUT2D eigenvalue weighted by Gasteiger charge is 2.11. The molecule has 0 aliphatic carbocycles. The molecule has 0 aromatic heterocycles. The lowest BCUT2D eigenvalue weighted by Gasteiger charge is -2.08. The second kappa shape index (κ2) is 5.27. The molecule has 3 N–H and O–H groups in total. The number of benzene rings is 2. The molecule has 0 bridgehead atoms. The summed E-state index contributed by atoms with van der Waals surface area (Å²) in [4.78, 5) is 0. The van der Waals surface area contributed by atoms with Gasteiger partial charge < -0.3 is 5.73 Å². The Morgan fingerprint density at radius 2 is 1.58 bits per heavy atom. The minimum Gasteiger partial charge on any atom is -0.399 e. The van der Waals surface area contributed by atoms with Crippen molar-refractivity contribution in [2.24, 2.45) is 0 Å². The van der Waals surface area contributed by atoms with Crippen LogP contribution in [0.15, 0.2) is 48.5 Å². The van der Waals surface area contributed by atoms with Crippen LogP contribution in [0.4, 0.5) is 15.8 Å². The largest absolute Gasteiger partial charge is 0.399 e. The maximum absolute atomic E-state index is 12.7. The van der Waals surface area contributed by atoms with Gasteiger partial charge in [-0.25, -0.2) is 12.8 Å². The number of hydrogen-bond acceptors (Lipinski definition) is 3. The molecule has 19 heavy (non-hydrogen) atoms. The molecule has 6 heteroatoms. The topological polar surface area (TPSA) is 72.2 Å². The molecule has 2 aromatic carbocycles. The molecule has 2 aromatic rings. The van der Waals surface area contributed by atoms with Crippen LogP contribution < -0.4 is 10.5 Å². The van der Waals surface area contributed by atoms with Crippen molar-refractivity contribution in [2.45, 2.75) is 5.75 Å². The van der Waals surface area contributed by atoms with Crippen LogP contribution in [0.25, 0.3) is 0 Å². The molecular formula is C13H13FN2O2S. The van der Waals surface area contributed by atoms with Crippen LogP contribution in [0.5, 0.6) is 0 Å². The Hall–Kier alpha value is -2.08. The molecule has 0 fully saturated rings. The van der Waals surface area contributed by atoms with Crippen molar-refractivity contribution < 1.29 is 12.8 Å². The van der Waals surface area contributed by atoms with E-state index in [0.29, 0.717) is 16.9 Å². The van der Waals surface area contributed by atoms with Crippen LogP contribution in [0.3, 0.4) is 0 Å². The fraction of sp³-hybridized carbons (Fsp3) is 0.0769. The van der Waals surface area contributed by atoms with Gasteiger partial charge in [0.05, 0.1) is 5.75 Å². The van der Waals surface area contributed by atoms with E-state index in [4.69, 9.17) is 5.73 Å². The Kier molecular flexibility index (Phi) is 3.71. The summed E-state index contributed by atoms with van der Waals surface area (Å²) in [5, 5.41) is 0. The fourth-order valence-electron chi connectivity index (χ4n) is 1.57. The van der Waals surface area contributed by atoms with Crippen molar-refractivity contribution in [3.8, 4) is 0 Å². The number of halogens is 1. The Balaban J connectivity index is 2.10. The maximum atomic E-state index is 12.7. The molecular weight excluding hydrogens is 267 g/mol. The number of anilines is 2. The van der Waals surface area contributed by atoms with Gasteiger partial charge in [-0.1, -0.05) is 12.1 Å². The summed E-state index contributed by atoms with van der Waals surface area (Å²) in [6.45, 7) is 0. The smallest absolute Gasteiger partial charge is 0.236 e. The first-order valence-corrected chi connectivity index (χ1v) is 7.20. The van der Waals surface area contributed by atoms with Gasteiger partial charge >= 0.3 is 0 Å². The van der Waals surface area contributed by atoms with Crippen molar-refractivity contribution in [2.75, 3.05) is 10.5 Å². The number of nitrogen functional groups attached to an aromatic ring is 1. The molecule has 2 rings (SSSR count). The highest BCUT2D eigenvalue weighted by molar-refractivity contribution is 7.91. The van der Waals surface area contributed by atoms with Gasteiger partial charge in [-0.3, -0.25) is 4.72 Å². The summed E-state index contributed by atoms with van der Waals surface area (Å²) in [7, 11) is -3.53. The SMILES string of the molecule is Nc1ccc(NS(=O)(=O)Cc2ccc(F)cc2)cc1. The molecule has 100 valence electrons. The first-order valence-electron chi connectivity index (χ1n) is 5.55. The predicted molar refractivity (Wildman–Crippen MR) is 73.5 cm³/mol. The lowest BCUT2D eigenvalue weighted by molar-refractivity contribution is 0.600. The molecule has 0 radical (unpaired) electrons. The summed E-state index contributed by atoms with van der Waals surface area (Å²) in [5.74, 6) is -0.606. The Morgan fingerprint density at radius 3 is 2.16 bits per heavy atom. The molecule has 4 nitrogen and oxygen atoms in total. The lowest BCUT2D eigenvalue weighted by Crippen LogP contribution is -2.15. The minimum atomic E-state index is -3.53. The molecule has 0 aliphatic heterocycles. The Morgan fingerprint density at radius 1 is 1.00 bits per heavy atom. The highest BCUT2D eigenvalue weighted by Crippen LogP contribution is 2.15. The predicted octanol–water partition coefficient (Wildman–Crippen LogP) is 2.35. The second-order valence-electron chi connectivity index (χ2n) is 4.11. The number of rotatable bonds is 4. The van der Waals surface area contributed by atoms with E-state index in [2.05, 4.69) is 4.72 Å². The number of nitrogens with one attached hydrogen (secondary N) is 1. The monoisotopic (exact) mass is 280 g/mol. The normalized spacial score (nSPS) is 11.2. The van der Waals surface area contributed by atoms with E-state index in [1.165, 1.54) is 24.3 Å². The van der Waals surface area contributed by atoms with Crippen LogP contribution in [0.1, 0.15) is 5.56 Å². The van der Waals surface area contributed by atoms with E-state index in [1.807, 2.05) is 0 Å². The second-order valence-corrected chi connectivity index (χ2v) is 5.83. The maximum Gasteiger partial charge on any atom is 0.236 e. The van der Waals surface area contributed by atoms with E-state index in [-0.39, 0.29) is 5.75 Å². The lowest BCUT2D eigenvalue weighted by atomic mass is 10.2. The van der Waals surface area contributed by atoms with E-state index in [0.717, 1.165) is 0 Å². The van der Waals surface area contributed by atoms with Crippen LogP contribution in [0.2, 0.25) is 0 Å². The van der Waals surface area contributed by atoms with Crippen LogP contribution in [-0.2, 0) is 15.8 Å². The van der Waals surface area contributed by atoms with Gasteiger partial charge in [0.2, 0.25) is 10.0 Å². The first kappa shape index (κ1) is 13.4. The van der Waals surface area contributed by atoms with Crippen molar-refractivity contribution in [1.29, 1.82) is 0 Å². The van der Waals surface area contributed by atoms with E-state index in [1.54, 1.807) is 24.3 Å². The Bertz CT molecular complexity index is 599. The van der Waals surface area contributed by atoms with E-state index in [9.17, 15) is 12.8 Å². The number of sulfonamides is 1. The standard InChI is InChI=1S/C13H13FN2O2S/c14-11-3-1-10(2-4-11)9-19(17,18)16-13-7-5-12(15)6-8-13/h1-8,16H,9,15H2. The zero-order valence-corrected chi connectivity index (χ0v) is 10.8. The number of nitrogens with two attached hydrogens (primary N) is 1. The van der Waals surface area contributed by atoms with Crippen LogP contribution in [-0.4, -0.2) is 8.42 Å². The molecule has 0 saturated heterocycles. The van der Waals surface area contributed by atoms with Crippen LogP contribution in [0, 0.1) is 5.82 Å². The van der Waals surface area contributed by atoms with Gasteiger partial charge in [-0.2, -0.15) is 0 Å². The van der Waals surface area contributed by atoms with Gasteiger partial charge in [0.1, 0.15) is 5.82 Å². The highest BCUT2D eigenvalue weighted by atomic mass is 32.2. The summed E-state index contributed by atoms with van der Waals surface area (Å²) >= 11 is 0. The minimum absolute atomic E-state index is 0.211. The van der Waals surface area contributed by atoms with Crippen molar-refractivity contribution in [3.63, 3.8) is 0 Å². The summed E-state index contributed by atoms with van der Waals surface area (Å²) in [5.41, 5.74) is 7.03. The molecule has 0 aliphatic rings. The number of hydrogen-bond donors (Lipinski definition) is 2. The van der Waals surface area contributed by atoms with Gasteiger partial charge in [0.15, 0.2) is 0 Å². The van der Waals surface area contributed by atoms with Crippen LogP contribution >= 0.6 is 0 Å². The molecule has 0 amide bonds. The third-order valence-corrected chi connectivity index (χ3v) is 3.71. The summed E-state index contributed by atoms with van der Waals surface area (Å²) in [6, 6.07) is 11.7. The first-order chi connectivity index (χ1) is 8.94. The molecule has 0 unspecified atom stereocenters. The zero-order valence-electron chi connectivity index (χ0n) is 10.0. The summed E-state index contributed by atoms with van der Waals surface area (Å²) in [6.07, 6.45) is 0. The van der Waals surface area contributed by atoms with Gasteiger partial charge in [-0.15, -0.1) is 0 Å². The van der Waals surface area contributed by atoms with Gasteiger partial charge in [0, 0.05) is 11.4 Å². The summed E-state index contributed by atoms with van der Waals surface area (Å²) < 4.78 is 39.0. The average molecular weight is 280 g/mol. The van der Waals surface area contributed by atoms with Crippen molar-refractivity contribution in [3.05, 3.63) is 59.9 Å². The average Bonchev–Trinajstić information content (AvgIpc) is 2.34. The van der Waals surface area contributed by atoms with Crippen molar-refractivity contribution >= 4 is 21.4 Å². The third kappa shape index (κ3) is 3.96. The Labute approximate surface area is 111 Å². The third-order valence-electron chi connectivity index (χ3n) is 2.45. The zero-order chi connectivity index (χ0) is 13.9. The quantitative estimate of drug-likeness (QED) is 0.844. The molecule has 0 heterocycles. The van der Waals surface area contributed by atoms with Gasteiger partial charge in [-0.05, 0) is 42.0 Å². The fourth-order valence-corrected chi connectivity index (χ4v) is 2.77. The molecule has 0 spiro atoms.